The van der Waals surface area contributed by atoms with Crippen molar-refractivity contribution >= 4 is 5.91 Å². The van der Waals surface area contributed by atoms with Crippen LogP contribution in [0.5, 0.6) is 0 Å². The van der Waals surface area contributed by atoms with Crippen molar-refractivity contribution in [1.29, 1.82) is 0 Å². The van der Waals surface area contributed by atoms with Crippen molar-refractivity contribution in [3.05, 3.63) is 88.9 Å². The average Bonchev–Trinajstić information content (AvgIpc) is 3.46. The van der Waals surface area contributed by atoms with Gasteiger partial charge >= 0.3 is 0 Å². The predicted molar refractivity (Wildman–Crippen MR) is 133 cm³/mol. The van der Waals surface area contributed by atoms with Crippen LogP contribution in [-0.4, -0.2) is 61.9 Å². The number of hydrogen-bond donors (Lipinski definition) is 1. The second-order valence-corrected chi connectivity index (χ2v) is 9.00. The summed E-state index contributed by atoms with van der Waals surface area (Å²) in [5.41, 5.74) is 8.11. The molecule has 7 heteroatoms. The maximum Gasteiger partial charge on any atom is 0.271 e. The summed E-state index contributed by atoms with van der Waals surface area (Å²) < 4.78 is 2.02. The monoisotopic (exact) mass is 454 g/mol. The first kappa shape index (κ1) is 22.1. The lowest BCUT2D eigenvalue weighted by Crippen LogP contribution is -2.48. The number of H-pyrrole nitrogens is 1. The van der Waals surface area contributed by atoms with Crippen LogP contribution in [0.4, 0.5) is 0 Å². The molecule has 7 nitrogen and oxygen atoms in total. The van der Waals surface area contributed by atoms with Gasteiger partial charge in [-0.3, -0.25) is 14.8 Å². The van der Waals surface area contributed by atoms with Crippen molar-refractivity contribution in [1.82, 2.24) is 29.8 Å². The zero-order valence-electron chi connectivity index (χ0n) is 20.0. The Hall–Kier alpha value is -3.71. The Morgan fingerprint density at radius 1 is 0.941 bits per heavy atom. The number of aromatic nitrogens is 4. The van der Waals surface area contributed by atoms with Gasteiger partial charge in [-0.1, -0.05) is 48.0 Å². The molecule has 2 aromatic heterocycles. The zero-order valence-corrected chi connectivity index (χ0v) is 20.0. The Labute approximate surface area is 200 Å². The van der Waals surface area contributed by atoms with Crippen LogP contribution in [0.1, 0.15) is 33.0 Å². The second kappa shape index (κ2) is 9.27. The molecule has 1 aliphatic heterocycles. The number of nitrogens with one attached hydrogen (secondary N) is 1. The summed E-state index contributed by atoms with van der Waals surface area (Å²) in [4.78, 5) is 17.4. The van der Waals surface area contributed by atoms with E-state index in [2.05, 4.69) is 60.1 Å². The fourth-order valence-corrected chi connectivity index (χ4v) is 4.53. The lowest BCUT2D eigenvalue weighted by molar-refractivity contribution is 0.0622. The summed E-state index contributed by atoms with van der Waals surface area (Å²) in [6, 6.07) is 20.3. The van der Waals surface area contributed by atoms with E-state index >= 15 is 0 Å². The number of carbonyl (C=O) groups is 1. The van der Waals surface area contributed by atoms with Crippen molar-refractivity contribution in [2.75, 3.05) is 26.2 Å². The molecule has 0 saturated carbocycles. The summed E-state index contributed by atoms with van der Waals surface area (Å²) >= 11 is 0. The van der Waals surface area contributed by atoms with E-state index in [0.717, 1.165) is 42.3 Å². The molecule has 3 heterocycles. The van der Waals surface area contributed by atoms with Gasteiger partial charge in [-0.25, -0.2) is 4.68 Å². The Morgan fingerprint density at radius 3 is 2.35 bits per heavy atom. The third-order valence-electron chi connectivity index (χ3n) is 6.64. The Morgan fingerprint density at radius 2 is 1.65 bits per heavy atom. The molecule has 1 fully saturated rings. The zero-order chi connectivity index (χ0) is 23.7. The van der Waals surface area contributed by atoms with E-state index in [4.69, 9.17) is 5.10 Å². The summed E-state index contributed by atoms with van der Waals surface area (Å²) in [6.07, 6.45) is 0. The van der Waals surface area contributed by atoms with Crippen LogP contribution in [0.25, 0.3) is 16.9 Å². The average molecular weight is 455 g/mol. The fourth-order valence-electron chi connectivity index (χ4n) is 4.53. The summed E-state index contributed by atoms with van der Waals surface area (Å²) in [7, 11) is 0. The van der Waals surface area contributed by atoms with E-state index in [1.54, 1.807) is 0 Å². The van der Waals surface area contributed by atoms with Gasteiger partial charge in [0, 0.05) is 49.5 Å². The number of aromatic amines is 1. The number of piperazine rings is 1. The maximum atomic E-state index is 13.1. The molecule has 0 radical (unpaired) electrons. The molecular formula is C27H30N6O. The summed E-state index contributed by atoms with van der Waals surface area (Å²) in [5.74, 6) is 0.00905. The van der Waals surface area contributed by atoms with Crippen molar-refractivity contribution in [2.24, 2.45) is 0 Å². The van der Waals surface area contributed by atoms with E-state index in [9.17, 15) is 4.79 Å². The molecule has 1 N–H and O–H groups in total. The molecule has 1 aliphatic rings. The number of para-hydroxylation sites is 1. The van der Waals surface area contributed by atoms with Crippen LogP contribution >= 0.6 is 0 Å². The van der Waals surface area contributed by atoms with Crippen LogP contribution in [0.2, 0.25) is 0 Å². The number of hydrogen-bond acceptors (Lipinski definition) is 4. The van der Waals surface area contributed by atoms with Crippen LogP contribution in [-0.2, 0) is 6.54 Å². The second-order valence-electron chi connectivity index (χ2n) is 9.00. The molecule has 0 atom stereocenters. The Bertz CT molecular complexity index is 1280. The number of amides is 1. The van der Waals surface area contributed by atoms with E-state index < -0.39 is 0 Å². The van der Waals surface area contributed by atoms with Crippen molar-refractivity contribution in [2.45, 2.75) is 27.3 Å². The topological polar surface area (TPSA) is 70.1 Å². The molecule has 4 aromatic rings. The van der Waals surface area contributed by atoms with Crippen LogP contribution in [0.3, 0.4) is 0 Å². The van der Waals surface area contributed by atoms with E-state index in [-0.39, 0.29) is 5.91 Å². The minimum Gasteiger partial charge on any atom is -0.335 e. The standard InChI is InChI=1S/C27H30N6O/c1-19-9-11-22(12-10-19)25-17-26(29-28-25)27(34)32-15-13-31(14-16-32)18-24-20(2)30-33(21(24)3)23-7-5-4-6-8-23/h4-12,17H,13-16,18H2,1-3H3,(H,28,29). The van der Waals surface area contributed by atoms with Gasteiger partial charge in [0.05, 0.1) is 17.1 Å². The van der Waals surface area contributed by atoms with Gasteiger partial charge < -0.3 is 4.90 Å². The first-order chi connectivity index (χ1) is 16.5. The van der Waals surface area contributed by atoms with Gasteiger partial charge in [0.15, 0.2) is 0 Å². The Kier molecular flexibility index (Phi) is 6.02. The highest BCUT2D eigenvalue weighted by atomic mass is 16.2. The van der Waals surface area contributed by atoms with E-state index in [1.807, 2.05) is 46.0 Å². The first-order valence-corrected chi connectivity index (χ1v) is 11.7. The highest BCUT2D eigenvalue weighted by molar-refractivity contribution is 5.93. The first-order valence-electron chi connectivity index (χ1n) is 11.7. The van der Waals surface area contributed by atoms with Gasteiger partial charge in [0.2, 0.25) is 0 Å². The number of nitrogens with zero attached hydrogens (tertiary/aromatic N) is 5. The van der Waals surface area contributed by atoms with E-state index in [0.29, 0.717) is 18.8 Å². The lowest BCUT2D eigenvalue weighted by atomic mass is 10.1. The highest BCUT2D eigenvalue weighted by Crippen LogP contribution is 2.22. The van der Waals surface area contributed by atoms with Crippen LogP contribution < -0.4 is 0 Å². The number of benzene rings is 2. The summed E-state index contributed by atoms with van der Waals surface area (Å²) in [5, 5.41) is 12.1. The smallest absolute Gasteiger partial charge is 0.271 e. The predicted octanol–water partition coefficient (Wildman–Crippen LogP) is 4.15. The number of aryl methyl sites for hydroxylation is 2. The highest BCUT2D eigenvalue weighted by Gasteiger charge is 2.25. The molecule has 0 aliphatic carbocycles. The van der Waals surface area contributed by atoms with Crippen molar-refractivity contribution in [3.63, 3.8) is 0 Å². The number of carbonyl (C=O) groups excluding carboxylic acids is 1. The van der Waals surface area contributed by atoms with Gasteiger partial charge in [-0.2, -0.15) is 10.2 Å². The normalized spacial score (nSPS) is 14.5. The molecule has 2 aromatic carbocycles. The van der Waals surface area contributed by atoms with Crippen molar-refractivity contribution in [3.8, 4) is 16.9 Å². The number of rotatable bonds is 5. The van der Waals surface area contributed by atoms with Gasteiger partial charge in [-0.05, 0) is 39.0 Å². The van der Waals surface area contributed by atoms with Crippen LogP contribution in [0, 0.1) is 20.8 Å². The Balaban J connectivity index is 1.22. The van der Waals surface area contributed by atoms with Crippen LogP contribution in [0.15, 0.2) is 60.7 Å². The third-order valence-corrected chi connectivity index (χ3v) is 6.64. The third kappa shape index (κ3) is 4.39. The molecule has 0 bridgehead atoms. The van der Waals surface area contributed by atoms with E-state index in [1.165, 1.54) is 16.8 Å². The molecule has 1 amide bonds. The largest absolute Gasteiger partial charge is 0.335 e. The quantitative estimate of drug-likeness (QED) is 0.492. The minimum absolute atomic E-state index is 0.00905. The van der Waals surface area contributed by atoms with Gasteiger partial charge in [0.25, 0.3) is 5.91 Å². The van der Waals surface area contributed by atoms with Gasteiger partial charge in [0.1, 0.15) is 5.69 Å². The lowest BCUT2D eigenvalue weighted by Gasteiger charge is -2.34. The minimum atomic E-state index is 0.00905. The maximum absolute atomic E-state index is 13.1. The molecule has 0 unspecified atom stereocenters. The SMILES string of the molecule is Cc1ccc(-c2cc(C(=O)N3CCN(Cc4c(C)nn(-c5ccccc5)c4C)CC3)[nH]n2)cc1. The molecule has 5 rings (SSSR count). The molecule has 0 spiro atoms. The summed E-state index contributed by atoms with van der Waals surface area (Å²) in [6.45, 7) is 10.2. The molecule has 1 saturated heterocycles. The molecule has 174 valence electrons. The fraction of sp³-hybridized carbons (Fsp3) is 0.296. The van der Waals surface area contributed by atoms with Crippen molar-refractivity contribution < 1.29 is 4.79 Å². The molecular weight excluding hydrogens is 424 g/mol. The van der Waals surface area contributed by atoms with Gasteiger partial charge in [-0.15, -0.1) is 0 Å². The molecule has 34 heavy (non-hydrogen) atoms.